The second-order valence-corrected chi connectivity index (χ2v) is 8.97. The number of hydrogen-bond donors (Lipinski definition) is 2. The first kappa shape index (κ1) is 23.5. The number of carbonyl (C=O) groups is 1. The van der Waals surface area contributed by atoms with Gasteiger partial charge in [0.15, 0.2) is 11.0 Å². The minimum Gasteiger partial charge on any atom is -0.328 e. The number of para-hydroxylation sites is 1. The Balaban J connectivity index is 1.58. The van der Waals surface area contributed by atoms with Gasteiger partial charge in [-0.15, -0.1) is 10.2 Å². The zero-order valence-corrected chi connectivity index (χ0v) is 20.1. The van der Waals surface area contributed by atoms with Crippen molar-refractivity contribution < 1.29 is 9.18 Å². The average molecular weight is 476 g/mol. The maximum atomic E-state index is 13.9. The lowest BCUT2D eigenvalue weighted by atomic mass is 10.1. The normalized spacial score (nSPS) is 11.8. The van der Waals surface area contributed by atoms with Crippen molar-refractivity contribution in [1.82, 2.24) is 20.1 Å². The Hall–Kier alpha value is -3.65. The summed E-state index contributed by atoms with van der Waals surface area (Å²) in [6.45, 7) is 5.94. The molecule has 1 atom stereocenters. The number of hydrogen-bond acceptors (Lipinski definition) is 4. The van der Waals surface area contributed by atoms with Gasteiger partial charge in [-0.25, -0.2) is 9.18 Å². The second-order valence-electron chi connectivity index (χ2n) is 8.03. The number of amides is 2. The van der Waals surface area contributed by atoms with Gasteiger partial charge in [0.05, 0.1) is 11.7 Å². The van der Waals surface area contributed by atoms with Crippen molar-refractivity contribution in [3.8, 4) is 5.69 Å². The molecule has 6 nitrogen and oxygen atoms in total. The fraction of sp³-hybridized carbons (Fsp3) is 0.192. The second kappa shape index (κ2) is 10.5. The minimum atomic E-state index is -0.523. The zero-order valence-electron chi connectivity index (χ0n) is 19.2. The molecule has 2 N–H and O–H groups in total. The van der Waals surface area contributed by atoms with Gasteiger partial charge in [-0.3, -0.25) is 4.57 Å². The van der Waals surface area contributed by atoms with Gasteiger partial charge in [-0.1, -0.05) is 65.9 Å². The van der Waals surface area contributed by atoms with E-state index >= 15 is 0 Å². The van der Waals surface area contributed by atoms with Crippen LogP contribution in [0.15, 0.2) is 78.0 Å². The van der Waals surface area contributed by atoms with Crippen LogP contribution in [0.1, 0.15) is 35.5 Å². The van der Waals surface area contributed by atoms with E-state index in [-0.39, 0.29) is 5.69 Å². The summed E-state index contributed by atoms with van der Waals surface area (Å²) in [5.41, 5.74) is 4.60. The molecule has 0 aliphatic heterocycles. The number of aromatic nitrogens is 3. The van der Waals surface area contributed by atoms with Crippen molar-refractivity contribution >= 4 is 23.5 Å². The standard InChI is InChI=1S/C26H26FN5OS/c1-17-12-14-21(15-13-17)32-24(19(3)28-25(33)29-23-11-7-6-10-22(23)27)30-31-26(32)34-16-20-9-5-4-8-18(20)2/h4-15,19H,16H2,1-3H3,(H2,28,29,33). The number of nitrogens with zero attached hydrogens (tertiary/aromatic N) is 3. The number of anilines is 1. The molecule has 8 heteroatoms. The molecule has 2 amide bonds. The molecule has 0 radical (unpaired) electrons. The van der Waals surface area contributed by atoms with Gasteiger partial charge < -0.3 is 10.6 Å². The SMILES string of the molecule is Cc1ccc(-n2c(SCc3ccccc3C)nnc2C(C)NC(=O)Nc2ccccc2F)cc1. The molecule has 1 aromatic heterocycles. The van der Waals surface area contributed by atoms with Crippen molar-refractivity contribution in [2.45, 2.75) is 37.7 Å². The Morgan fingerprint density at radius 2 is 1.71 bits per heavy atom. The van der Waals surface area contributed by atoms with Crippen LogP contribution in [-0.4, -0.2) is 20.8 Å². The molecular formula is C26H26FN5OS. The maximum absolute atomic E-state index is 13.9. The van der Waals surface area contributed by atoms with Crippen LogP contribution < -0.4 is 10.6 Å². The number of benzene rings is 3. The zero-order chi connectivity index (χ0) is 24.1. The molecule has 4 aromatic rings. The van der Waals surface area contributed by atoms with Gasteiger partial charge in [0.25, 0.3) is 0 Å². The number of halogens is 1. The first-order valence-electron chi connectivity index (χ1n) is 10.9. The summed E-state index contributed by atoms with van der Waals surface area (Å²) in [5, 5.41) is 15.0. The number of carbonyl (C=O) groups excluding carboxylic acids is 1. The van der Waals surface area contributed by atoms with E-state index in [2.05, 4.69) is 39.9 Å². The van der Waals surface area contributed by atoms with Crippen molar-refractivity contribution in [3.63, 3.8) is 0 Å². The summed E-state index contributed by atoms with van der Waals surface area (Å²) < 4.78 is 15.9. The van der Waals surface area contributed by atoms with Crippen LogP contribution in [0.2, 0.25) is 0 Å². The van der Waals surface area contributed by atoms with Crippen LogP contribution in [-0.2, 0) is 5.75 Å². The quantitative estimate of drug-likeness (QED) is 0.312. The molecule has 3 aromatic carbocycles. The predicted molar refractivity (Wildman–Crippen MR) is 134 cm³/mol. The van der Waals surface area contributed by atoms with Crippen molar-refractivity contribution in [3.05, 3.63) is 101 Å². The summed E-state index contributed by atoms with van der Waals surface area (Å²) in [7, 11) is 0. The molecule has 0 fully saturated rings. The first-order chi connectivity index (χ1) is 16.4. The van der Waals surface area contributed by atoms with Gasteiger partial charge in [0.2, 0.25) is 0 Å². The van der Waals surface area contributed by atoms with E-state index in [9.17, 15) is 9.18 Å². The highest BCUT2D eigenvalue weighted by molar-refractivity contribution is 7.98. The number of urea groups is 1. The van der Waals surface area contributed by atoms with Crippen LogP contribution in [0.25, 0.3) is 5.69 Å². The molecule has 0 aliphatic carbocycles. The van der Waals surface area contributed by atoms with Crippen molar-refractivity contribution in [2.75, 3.05) is 5.32 Å². The number of aryl methyl sites for hydroxylation is 2. The Morgan fingerprint density at radius 3 is 2.44 bits per heavy atom. The molecule has 34 heavy (non-hydrogen) atoms. The largest absolute Gasteiger partial charge is 0.328 e. The maximum Gasteiger partial charge on any atom is 0.319 e. The molecule has 0 saturated heterocycles. The molecular weight excluding hydrogens is 449 g/mol. The summed E-state index contributed by atoms with van der Waals surface area (Å²) in [6, 6.07) is 21.3. The Bertz CT molecular complexity index is 1290. The van der Waals surface area contributed by atoms with Gasteiger partial charge in [-0.05, 0) is 56.2 Å². The monoisotopic (exact) mass is 475 g/mol. The Labute approximate surface area is 202 Å². The first-order valence-corrected chi connectivity index (χ1v) is 11.9. The highest BCUT2D eigenvalue weighted by Crippen LogP contribution is 2.28. The van der Waals surface area contributed by atoms with Crippen LogP contribution in [0.5, 0.6) is 0 Å². The van der Waals surface area contributed by atoms with Gasteiger partial charge >= 0.3 is 6.03 Å². The molecule has 1 heterocycles. The average Bonchev–Trinajstić information content (AvgIpc) is 3.24. The van der Waals surface area contributed by atoms with Gasteiger partial charge in [0, 0.05) is 11.4 Å². The molecule has 0 saturated carbocycles. The minimum absolute atomic E-state index is 0.113. The van der Waals surface area contributed by atoms with Crippen LogP contribution >= 0.6 is 11.8 Å². The number of nitrogens with one attached hydrogen (secondary N) is 2. The summed E-state index contributed by atoms with van der Waals surface area (Å²) in [4.78, 5) is 12.5. The lowest BCUT2D eigenvalue weighted by Gasteiger charge is -2.17. The topological polar surface area (TPSA) is 71.8 Å². The summed E-state index contributed by atoms with van der Waals surface area (Å²) in [6.07, 6.45) is 0. The van der Waals surface area contributed by atoms with Gasteiger partial charge in [0.1, 0.15) is 5.82 Å². The van der Waals surface area contributed by atoms with Crippen molar-refractivity contribution in [2.24, 2.45) is 0 Å². The lowest BCUT2D eigenvalue weighted by Crippen LogP contribution is -2.32. The van der Waals surface area contributed by atoms with E-state index in [1.54, 1.807) is 23.9 Å². The molecule has 4 rings (SSSR count). The fourth-order valence-electron chi connectivity index (χ4n) is 3.49. The Kier molecular flexibility index (Phi) is 7.27. The van der Waals surface area contributed by atoms with E-state index in [0.717, 1.165) is 22.2 Å². The summed E-state index contributed by atoms with van der Waals surface area (Å²) >= 11 is 1.59. The lowest BCUT2D eigenvalue weighted by molar-refractivity contribution is 0.248. The van der Waals surface area contributed by atoms with E-state index in [1.165, 1.54) is 23.3 Å². The highest BCUT2D eigenvalue weighted by atomic mass is 32.2. The molecule has 0 aliphatic rings. The van der Waals surface area contributed by atoms with Crippen molar-refractivity contribution in [1.29, 1.82) is 0 Å². The number of thioether (sulfide) groups is 1. The van der Waals surface area contributed by atoms with Crippen LogP contribution in [0.4, 0.5) is 14.9 Å². The highest BCUT2D eigenvalue weighted by Gasteiger charge is 2.21. The predicted octanol–water partition coefficient (Wildman–Crippen LogP) is 6.20. The van der Waals surface area contributed by atoms with Crippen LogP contribution in [0.3, 0.4) is 0 Å². The number of rotatable bonds is 7. The van der Waals surface area contributed by atoms with Crippen LogP contribution in [0, 0.1) is 19.7 Å². The fourth-order valence-corrected chi connectivity index (χ4v) is 4.52. The molecule has 1 unspecified atom stereocenters. The third kappa shape index (κ3) is 5.46. The van der Waals surface area contributed by atoms with Gasteiger partial charge in [-0.2, -0.15) is 0 Å². The molecule has 0 bridgehead atoms. The smallest absolute Gasteiger partial charge is 0.319 e. The third-order valence-electron chi connectivity index (χ3n) is 5.43. The third-order valence-corrected chi connectivity index (χ3v) is 6.40. The Morgan fingerprint density at radius 1 is 1.00 bits per heavy atom. The summed E-state index contributed by atoms with van der Waals surface area (Å²) in [5.74, 6) is 0.828. The molecule has 0 spiro atoms. The van der Waals surface area contributed by atoms with E-state index in [0.29, 0.717) is 5.82 Å². The van der Waals surface area contributed by atoms with E-state index in [4.69, 9.17) is 0 Å². The van der Waals surface area contributed by atoms with E-state index in [1.807, 2.05) is 54.8 Å². The molecule has 174 valence electrons. The van der Waals surface area contributed by atoms with E-state index < -0.39 is 17.9 Å².